The predicted molar refractivity (Wildman–Crippen MR) is 147 cm³/mol. The lowest BCUT2D eigenvalue weighted by Gasteiger charge is -2.29. The van der Waals surface area contributed by atoms with Crippen molar-refractivity contribution in [2.75, 3.05) is 32.6 Å². The number of methoxy groups -OCH3 is 1. The largest absolute Gasteiger partial charge is 0.379 e. The molecule has 0 saturated carbocycles. The molecule has 1 aliphatic heterocycles. The van der Waals surface area contributed by atoms with E-state index in [1.165, 1.54) is 11.8 Å². The molecule has 36 heavy (non-hydrogen) atoms. The first-order valence-electron chi connectivity index (χ1n) is 12.7. The van der Waals surface area contributed by atoms with E-state index in [1.807, 2.05) is 41.5 Å². The van der Waals surface area contributed by atoms with Crippen LogP contribution in [0.15, 0.2) is 0 Å². The minimum Gasteiger partial charge on any atom is -0.379 e. The van der Waals surface area contributed by atoms with Crippen LogP contribution >= 0.6 is 21.0 Å². The number of carbonyl (C=O) groups excluding carboxylic acids is 4. The topological polar surface area (TPSA) is 114 Å². The van der Waals surface area contributed by atoms with Crippen LogP contribution in [0.1, 0.15) is 80.1 Å². The van der Waals surface area contributed by atoms with Gasteiger partial charge in [-0.05, 0) is 53.4 Å². The quantitative estimate of drug-likeness (QED) is 0.213. The highest BCUT2D eigenvalue weighted by molar-refractivity contribution is 8.01. The minimum atomic E-state index is -0.588. The second-order valence-electron chi connectivity index (χ2n) is 10.5. The minimum absolute atomic E-state index is 0.0408. The standard InChI is InChI=1S/C25H46N3O6PS/c1-8-25(35,9-2)27-20(30)17-36-18-16-21(31)28(22(18)32)14-10-19(29)26-13-11-24(5,6)34-15-12-23(3,4)33-7/h18H,8-17,35H2,1-7H3,(H,26,29)(H,27,30). The fourth-order valence-electron chi connectivity index (χ4n) is 3.49. The van der Waals surface area contributed by atoms with Crippen LogP contribution in [0.5, 0.6) is 0 Å². The van der Waals surface area contributed by atoms with Crippen molar-refractivity contribution in [2.45, 2.75) is 102 Å². The summed E-state index contributed by atoms with van der Waals surface area (Å²) in [4.78, 5) is 50.7. The molecule has 2 atom stereocenters. The van der Waals surface area contributed by atoms with Gasteiger partial charge in [-0.25, -0.2) is 0 Å². The molecular formula is C25H46N3O6PS. The molecule has 0 spiro atoms. The molecule has 11 heteroatoms. The third kappa shape index (κ3) is 11.4. The first-order valence-corrected chi connectivity index (χ1v) is 14.3. The summed E-state index contributed by atoms with van der Waals surface area (Å²) >= 11 is 1.17. The van der Waals surface area contributed by atoms with Crippen LogP contribution in [0.25, 0.3) is 0 Å². The fraction of sp³-hybridized carbons (Fsp3) is 0.840. The zero-order valence-corrected chi connectivity index (χ0v) is 25.0. The van der Waals surface area contributed by atoms with Crippen LogP contribution in [-0.2, 0) is 28.7 Å². The third-order valence-electron chi connectivity index (χ3n) is 6.63. The molecule has 1 aliphatic rings. The van der Waals surface area contributed by atoms with Crippen molar-refractivity contribution in [3.05, 3.63) is 0 Å². The molecule has 2 N–H and O–H groups in total. The highest BCUT2D eigenvalue weighted by Gasteiger charge is 2.39. The van der Waals surface area contributed by atoms with Crippen molar-refractivity contribution in [2.24, 2.45) is 0 Å². The smallest absolute Gasteiger partial charge is 0.242 e. The Bertz CT molecular complexity index is 773. The van der Waals surface area contributed by atoms with Gasteiger partial charge in [0.25, 0.3) is 0 Å². The van der Waals surface area contributed by atoms with Gasteiger partial charge in [-0.2, -0.15) is 0 Å². The van der Waals surface area contributed by atoms with Crippen molar-refractivity contribution in [3.8, 4) is 0 Å². The summed E-state index contributed by atoms with van der Waals surface area (Å²) in [5.74, 6) is -0.914. The molecule has 1 rings (SSSR count). The third-order valence-corrected chi connectivity index (χ3v) is 8.79. The molecule has 1 saturated heterocycles. The Hall–Kier alpha value is -1.22. The molecule has 208 valence electrons. The van der Waals surface area contributed by atoms with Crippen LogP contribution < -0.4 is 10.6 Å². The van der Waals surface area contributed by atoms with E-state index in [0.717, 1.165) is 24.2 Å². The number of hydrogen-bond donors (Lipinski definition) is 2. The van der Waals surface area contributed by atoms with Crippen LogP contribution in [0, 0.1) is 0 Å². The molecule has 1 fully saturated rings. The van der Waals surface area contributed by atoms with Crippen LogP contribution in [0.4, 0.5) is 0 Å². The number of imide groups is 1. The zero-order valence-electron chi connectivity index (χ0n) is 23.0. The summed E-state index contributed by atoms with van der Waals surface area (Å²) in [5, 5.41) is 4.87. The monoisotopic (exact) mass is 547 g/mol. The first-order chi connectivity index (χ1) is 16.7. The van der Waals surface area contributed by atoms with Gasteiger partial charge < -0.3 is 20.1 Å². The van der Waals surface area contributed by atoms with E-state index in [-0.39, 0.29) is 59.6 Å². The van der Waals surface area contributed by atoms with Gasteiger partial charge in [-0.1, -0.05) is 13.8 Å². The second-order valence-corrected chi connectivity index (χ2v) is 12.8. The molecule has 0 aliphatic carbocycles. The number of rotatable bonds is 17. The number of hydrogen-bond acceptors (Lipinski definition) is 7. The van der Waals surface area contributed by atoms with Crippen LogP contribution in [0.3, 0.4) is 0 Å². The van der Waals surface area contributed by atoms with E-state index >= 15 is 0 Å². The lowest BCUT2D eigenvalue weighted by atomic mass is 10.0. The number of ether oxygens (including phenoxy) is 2. The molecule has 0 aromatic carbocycles. The van der Waals surface area contributed by atoms with Gasteiger partial charge in [-0.3, -0.25) is 24.1 Å². The normalized spacial score (nSPS) is 17.0. The maximum absolute atomic E-state index is 12.7. The molecule has 9 nitrogen and oxygen atoms in total. The van der Waals surface area contributed by atoms with Crippen molar-refractivity contribution >= 4 is 44.6 Å². The Morgan fingerprint density at radius 2 is 1.72 bits per heavy atom. The van der Waals surface area contributed by atoms with Crippen molar-refractivity contribution in [1.29, 1.82) is 0 Å². The molecule has 4 amide bonds. The second kappa shape index (κ2) is 14.6. The number of amides is 4. The average Bonchev–Trinajstić information content (AvgIpc) is 3.08. The summed E-state index contributed by atoms with van der Waals surface area (Å²) in [5.41, 5.74) is -0.650. The SMILES string of the molecule is CCC(P)(CC)NC(=O)CSC1CC(=O)N(CCC(=O)NCCC(C)(C)OCCC(C)(C)OC)C1=O. The summed E-state index contributed by atoms with van der Waals surface area (Å²) in [7, 11) is 4.35. The van der Waals surface area contributed by atoms with E-state index in [9.17, 15) is 19.2 Å². The van der Waals surface area contributed by atoms with E-state index in [1.54, 1.807) is 7.11 Å². The molecule has 0 bridgehead atoms. The Morgan fingerprint density at radius 3 is 2.31 bits per heavy atom. The van der Waals surface area contributed by atoms with E-state index in [0.29, 0.717) is 19.6 Å². The lowest BCUT2D eigenvalue weighted by Crippen LogP contribution is -2.43. The Balaban J connectivity index is 2.37. The van der Waals surface area contributed by atoms with Crippen molar-refractivity contribution in [1.82, 2.24) is 15.5 Å². The molecule has 0 aromatic rings. The van der Waals surface area contributed by atoms with Gasteiger partial charge in [0.2, 0.25) is 23.6 Å². The highest BCUT2D eigenvalue weighted by atomic mass is 32.2. The number of nitrogens with one attached hydrogen (secondary N) is 2. The van der Waals surface area contributed by atoms with Gasteiger partial charge in [0.15, 0.2) is 0 Å². The average molecular weight is 548 g/mol. The molecule has 0 aromatic heterocycles. The van der Waals surface area contributed by atoms with Crippen molar-refractivity contribution < 1.29 is 28.7 Å². The highest BCUT2D eigenvalue weighted by Crippen LogP contribution is 2.27. The molecule has 2 unspecified atom stereocenters. The van der Waals surface area contributed by atoms with Gasteiger partial charge in [-0.15, -0.1) is 21.0 Å². The van der Waals surface area contributed by atoms with Gasteiger partial charge in [0, 0.05) is 33.0 Å². The van der Waals surface area contributed by atoms with Crippen molar-refractivity contribution in [3.63, 3.8) is 0 Å². The Morgan fingerprint density at radius 1 is 1.08 bits per heavy atom. The molecule has 0 radical (unpaired) electrons. The fourth-order valence-corrected chi connectivity index (χ4v) is 4.60. The number of likely N-dealkylation sites (tertiary alicyclic amines) is 1. The summed E-state index contributed by atoms with van der Waals surface area (Å²) in [6.07, 6.45) is 3.04. The van der Waals surface area contributed by atoms with E-state index in [2.05, 4.69) is 19.9 Å². The first kappa shape index (κ1) is 32.8. The van der Waals surface area contributed by atoms with E-state index < -0.39 is 10.9 Å². The predicted octanol–water partition coefficient (Wildman–Crippen LogP) is 2.86. The Kier molecular flexibility index (Phi) is 13.3. The maximum atomic E-state index is 12.7. The van der Waals surface area contributed by atoms with E-state index in [4.69, 9.17) is 9.47 Å². The van der Waals surface area contributed by atoms with Gasteiger partial charge in [0.05, 0.1) is 34.1 Å². The lowest BCUT2D eigenvalue weighted by molar-refractivity contribution is -0.138. The zero-order chi connectivity index (χ0) is 27.6. The number of nitrogens with zero attached hydrogens (tertiary/aromatic N) is 1. The number of thioether (sulfide) groups is 1. The Labute approximate surface area is 223 Å². The molecule has 1 heterocycles. The van der Waals surface area contributed by atoms with Crippen LogP contribution in [0.2, 0.25) is 0 Å². The molecular weight excluding hydrogens is 501 g/mol. The summed E-state index contributed by atoms with van der Waals surface area (Å²) < 4.78 is 11.3. The van der Waals surface area contributed by atoms with Gasteiger partial charge in [0.1, 0.15) is 0 Å². The summed E-state index contributed by atoms with van der Waals surface area (Å²) in [6, 6.07) is 0. The maximum Gasteiger partial charge on any atom is 0.242 e. The summed E-state index contributed by atoms with van der Waals surface area (Å²) in [6.45, 7) is 13.0. The number of carbonyl (C=O) groups is 4. The van der Waals surface area contributed by atoms with Gasteiger partial charge >= 0.3 is 0 Å². The van der Waals surface area contributed by atoms with Crippen LogP contribution in [-0.4, -0.2) is 82.8 Å².